The minimum atomic E-state index is 0.513. The number of rotatable bonds is 2. The Hall–Kier alpha value is -2.61. The highest BCUT2D eigenvalue weighted by Gasteiger charge is 2.24. The lowest BCUT2D eigenvalue weighted by atomic mass is 9.92. The van der Waals surface area contributed by atoms with Gasteiger partial charge in [-0.2, -0.15) is 4.57 Å². The predicted molar refractivity (Wildman–Crippen MR) is 106 cm³/mol. The van der Waals surface area contributed by atoms with Crippen molar-refractivity contribution in [2.75, 3.05) is 0 Å². The molecule has 0 fully saturated rings. The van der Waals surface area contributed by atoms with E-state index in [0.29, 0.717) is 5.92 Å². The Labute approximate surface area is 149 Å². The van der Waals surface area contributed by atoms with Gasteiger partial charge in [0.25, 0.3) is 5.82 Å². The van der Waals surface area contributed by atoms with Gasteiger partial charge in [-0.15, -0.1) is 0 Å². The highest BCUT2D eigenvalue weighted by atomic mass is 15.1. The molecule has 4 rings (SSSR count). The molecule has 0 atom stereocenters. The second kappa shape index (κ2) is 5.73. The number of hydrogen-bond acceptors (Lipinski definition) is 0. The van der Waals surface area contributed by atoms with Crippen LogP contribution in [0.5, 0.6) is 0 Å². The van der Waals surface area contributed by atoms with E-state index < -0.39 is 0 Å². The summed E-state index contributed by atoms with van der Waals surface area (Å²) in [5.74, 6) is 1.70. The molecule has 0 N–H and O–H groups in total. The van der Waals surface area contributed by atoms with E-state index in [1.165, 1.54) is 44.3 Å². The Morgan fingerprint density at radius 2 is 1.68 bits per heavy atom. The number of para-hydroxylation sites is 1. The zero-order valence-electron chi connectivity index (χ0n) is 15.7. The molecule has 25 heavy (non-hydrogen) atoms. The van der Waals surface area contributed by atoms with Crippen LogP contribution in [0.3, 0.4) is 0 Å². The first-order chi connectivity index (χ1) is 12.0. The van der Waals surface area contributed by atoms with Crippen LogP contribution in [-0.2, 0) is 7.05 Å². The quantitative estimate of drug-likeness (QED) is 0.438. The van der Waals surface area contributed by atoms with E-state index in [9.17, 15) is 0 Å². The van der Waals surface area contributed by atoms with Crippen molar-refractivity contribution in [1.82, 2.24) is 4.57 Å². The molecule has 0 unspecified atom stereocenters. The van der Waals surface area contributed by atoms with Crippen LogP contribution in [0.2, 0.25) is 0 Å². The van der Waals surface area contributed by atoms with Gasteiger partial charge in [0.05, 0.1) is 13.2 Å². The third-order valence-corrected chi connectivity index (χ3v) is 5.31. The van der Waals surface area contributed by atoms with Gasteiger partial charge in [0, 0.05) is 22.4 Å². The van der Waals surface area contributed by atoms with Crippen LogP contribution in [0.15, 0.2) is 54.7 Å². The molecule has 4 aromatic rings. The minimum Gasteiger partial charge on any atom is -0.237 e. The minimum absolute atomic E-state index is 0.513. The van der Waals surface area contributed by atoms with E-state index in [-0.39, 0.29) is 0 Å². The number of hydrogen-bond donors (Lipinski definition) is 0. The van der Waals surface area contributed by atoms with Gasteiger partial charge < -0.3 is 0 Å². The summed E-state index contributed by atoms with van der Waals surface area (Å²) < 4.78 is 4.63. The summed E-state index contributed by atoms with van der Waals surface area (Å²) in [5, 5.41) is 2.71. The molecule has 0 aliphatic rings. The fraction of sp³-hybridized carbons (Fsp3) is 0.261. The van der Waals surface area contributed by atoms with E-state index in [2.05, 4.69) is 98.6 Å². The maximum atomic E-state index is 2.43. The molecule has 0 saturated carbocycles. The molecule has 2 aromatic carbocycles. The Morgan fingerprint density at radius 1 is 0.960 bits per heavy atom. The fourth-order valence-electron chi connectivity index (χ4n) is 4.13. The molecule has 0 aliphatic carbocycles. The van der Waals surface area contributed by atoms with Gasteiger partial charge in [-0.1, -0.05) is 38.1 Å². The van der Waals surface area contributed by atoms with Gasteiger partial charge in [-0.3, -0.25) is 0 Å². The maximum absolute atomic E-state index is 2.43. The Balaban J connectivity index is 2.29. The van der Waals surface area contributed by atoms with Gasteiger partial charge in [0.2, 0.25) is 0 Å². The number of aromatic nitrogens is 2. The summed E-state index contributed by atoms with van der Waals surface area (Å²) in [4.78, 5) is 0. The second-order valence-corrected chi connectivity index (χ2v) is 7.31. The number of fused-ring (bicyclic) bond motifs is 3. The molecule has 0 spiro atoms. The van der Waals surface area contributed by atoms with Crippen LogP contribution in [-0.4, -0.2) is 4.57 Å². The van der Waals surface area contributed by atoms with Crippen molar-refractivity contribution in [3.63, 3.8) is 0 Å². The Bertz CT molecular complexity index is 1100. The number of aryl methyl sites for hydroxylation is 3. The van der Waals surface area contributed by atoms with Gasteiger partial charge in [-0.05, 0) is 49.1 Å². The van der Waals surface area contributed by atoms with Gasteiger partial charge in [0.1, 0.15) is 11.0 Å². The van der Waals surface area contributed by atoms with E-state index in [4.69, 9.17) is 0 Å². The van der Waals surface area contributed by atoms with Crippen molar-refractivity contribution < 1.29 is 4.57 Å². The number of benzene rings is 2. The smallest absolute Gasteiger partial charge is 0.237 e. The van der Waals surface area contributed by atoms with Crippen LogP contribution >= 0.6 is 0 Å². The molecule has 0 bridgehead atoms. The zero-order valence-corrected chi connectivity index (χ0v) is 15.7. The monoisotopic (exact) mass is 329 g/mol. The van der Waals surface area contributed by atoms with Gasteiger partial charge in [0.15, 0.2) is 0 Å². The zero-order chi connectivity index (χ0) is 17.7. The van der Waals surface area contributed by atoms with Crippen LogP contribution in [0.25, 0.3) is 27.6 Å². The fourth-order valence-corrected chi connectivity index (χ4v) is 4.13. The molecule has 126 valence electrons. The van der Waals surface area contributed by atoms with Crippen molar-refractivity contribution in [2.45, 2.75) is 33.6 Å². The highest BCUT2D eigenvalue weighted by molar-refractivity contribution is 6.11. The summed E-state index contributed by atoms with van der Waals surface area (Å²) >= 11 is 0. The third-order valence-electron chi connectivity index (χ3n) is 5.31. The number of pyridine rings is 1. The first-order valence-corrected chi connectivity index (χ1v) is 8.99. The standard InChI is InChI=1S/C23H25N2/c1-15(2)19-14-16(3)22-18-10-6-7-11-20(18)25(23(22)17(19)4)21-12-8-9-13-24(21)5/h6-15H,1-5H3/q+1. The molecular weight excluding hydrogens is 304 g/mol. The molecule has 2 aromatic heterocycles. The molecular formula is C23H25N2+. The highest BCUT2D eigenvalue weighted by Crippen LogP contribution is 2.38. The van der Waals surface area contributed by atoms with E-state index in [1.54, 1.807) is 0 Å². The molecule has 0 aliphatic heterocycles. The van der Waals surface area contributed by atoms with Crippen molar-refractivity contribution in [1.29, 1.82) is 0 Å². The van der Waals surface area contributed by atoms with Crippen LogP contribution in [0.1, 0.15) is 36.5 Å². The van der Waals surface area contributed by atoms with Crippen molar-refractivity contribution in [2.24, 2.45) is 7.05 Å². The average Bonchev–Trinajstić information content (AvgIpc) is 2.94. The molecule has 2 heterocycles. The summed E-state index contributed by atoms with van der Waals surface area (Å²) in [5.41, 5.74) is 6.79. The normalized spacial score (nSPS) is 11.8. The van der Waals surface area contributed by atoms with E-state index >= 15 is 0 Å². The maximum Gasteiger partial charge on any atom is 0.286 e. The van der Waals surface area contributed by atoms with Crippen LogP contribution in [0, 0.1) is 13.8 Å². The Morgan fingerprint density at radius 3 is 2.40 bits per heavy atom. The van der Waals surface area contributed by atoms with Gasteiger partial charge in [-0.25, -0.2) is 4.57 Å². The summed E-state index contributed by atoms with van der Waals surface area (Å²) in [6.07, 6.45) is 2.12. The molecule has 2 nitrogen and oxygen atoms in total. The van der Waals surface area contributed by atoms with Crippen molar-refractivity contribution >= 4 is 21.8 Å². The number of nitrogens with zero attached hydrogens (tertiary/aromatic N) is 2. The predicted octanol–water partition coefficient (Wildman–Crippen LogP) is 5.35. The summed E-state index contributed by atoms with van der Waals surface area (Å²) in [7, 11) is 2.12. The largest absolute Gasteiger partial charge is 0.286 e. The van der Waals surface area contributed by atoms with Crippen LogP contribution in [0.4, 0.5) is 0 Å². The van der Waals surface area contributed by atoms with Crippen molar-refractivity contribution in [3.8, 4) is 5.82 Å². The van der Waals surface area contributed by atoms with E-state index in [0.717, 1.165) is 0 Å². The van der Waals surface area contributed by atoms with Crippen molar-refractivity contribution in [3.05, 3.63) is 71.4 Å². The molecule has 0 amide bonds. The first-order valence-electron chi connectivity index (χ1n) is 8.99. The molecule has 0 saturated heterocycles. The Kier molecular flexibility index (Phi) is 3.64. The lowest BCUT2D eigenvalue weighted by molar-refractivity contribution is -0.665. The third kappa shape index (κ3) is 2.28. The lowest BCUT2D eigenvalue weighted by Gasteiger charge is -2.13. The average molecular weight is 329 g/mol. The topological polar surface area (TPSA) is 8.81 Å². The summed E-state index contributed by atoms with van der Waals surface area (Å²) in [6, 6.07) is 17.5. The lowest BCUT2D eigenvalue weighted by Crippen LogP contribution is -2.33. The molecule has 0 radical (unpaired) electrons. The molecule has 2 heteroatoms. The van der Waals surface area contributed by atoms with Gasteiger partial charge >= 0.3 is 0 Å². The first kappa shape index (κ1) is 15.9. The second-order valence-electron chi connectivity index (χ2n) is 7.31. The summed E-state index contributed by atoms with van der Waals surface area (Å²) in [6.45, 7) is 9.08. The van der Waals surface area contributed by atoms with Crippen LogP contribution < -0.4 is 4.57 Å². The SMILES string of the molecule is Cc1cc(C(C)C)c(C)c2c1c1ccccc1n2-c1cccc[n+]1C. The van der Waals surface area contributed by atoms with E-state index in [1.807, 2.05) is 0 Å².